The zero-order valence-corrected chi connectivity index (χ0v) is 16.7. The summed E-state index contributed by atoms with van der Waals surface area (Å²) in [6, 6.07) is 7.27. The van der Waals surface area contributed by atoms with Gasteiger partial charge in [-0.1, -0.05) is 30.3 Å². The lowest BCUT2D eigenvalue weighted by Crippen LogP contribution is -2.55. The molecule has 1 amide bonds. The van der Waals surface area contributed by atoms with Crippen LogP contribution in [0.25, 0.3) is 0 Å². The third-order valence-corrected chi connectivity index (χ3v) is 5.80. The molecule has 2 saturated heterocycles. The first-order valence-electron chi connectivity index (χ1n) is 9.93. The Morgan fingerprint density at radius 3 is 2.66 bits per heavy atom. The summed E-state index contributed by atoms with van der Waals surface area (Å²) in [5, 5.41) is 12.6. The number of carboxylic acid groups (broad SMARTS) is 1. The smallest absolute Gasteiger partial charge is 0.326 e. The fourth-order valence-electron chi connectivity index (χ4n) is 4.25. The Bertz CT molecular complexity index is 740. The highest BCUT2D eigenvalue weighted by atomic mass is 16.5. The van der Waals surface area contributed by atoms with Crippen LogP contribution in [-0.4, -0.2) is 72.3 Å². The van der Waals surface area contributed by atoms with E-state index in [4.69, 9.17) is 9.47 Å². The Morgan fingerprint density at radius 2 is 2.00 bits per heavy atom. The summed E-state index contributed by atoms with van der Waals surface area (Å²) in [7, 11) is 1.31. The number of ether oxygens (including phenoxy) is 2. The van der Waals surface area contributed by atoms with Gasteiger partial charge < -0.3 is 19.5 Å². The Balaban J connectivity index is 1.67. The standard InChI is InChI=1S/C21H28N2O6/c1-13(19(24)23-17(20(25)26)10-15-11-29-12-18(15)23)22-16(21(27)28-2)9-8-14-6-4-3-5-7-14/h3-7,13,15-18,22H,8-12H2,1-2H3,(H,25,26)/t13-,15?,16?,17-,18?/m0/s1. The highest BCUT2D eigenvalue weighted by Crippen LogP contribution is 2.35. The summed E-state index contributed by atoms with van der Waals surface area (Å²) in [6.07, 6.45) is 1.51. The fourth-order valence-corrected chi connectivity index (χ4v) is 4.25. The third kappa shape index (κ3) is 4.76. The Hall–Kier alpha value is -2.45. The van der Waals surface area contributed by atoms with E-state index >= 15 is 0 Å². The van der Waals surface area contributed by atoms with Crippen molar-refractivity contribution in [1.82, 2.24) is 10.2 Å². The number of aliphatic carboxylic acids is 1. The Morgan fingerprint density at radius 1 is 1.28 bits per heavy atom. The summed E-state index contributed by atoms with van der Waals surface area (Å²) in [4.78, 5) is 38.5. The number of fused-ring (bicyclic) bond motifs is 1. The molecule has 2 heterocycles. The molecule has 0 radical (unpaired) electrons. The van der Waals surface area contributed by atoms with Gasteiger partial charge in [0.25, 0.3) is 0 Å². The van der Waals surface area contributed by atoms with Gasteiger partial charge in [0.15, 0.2) is 0 Å². The van der Waals surface area contributed by atoms with E-state index in [1.807, 2.05) is 30.3 Å². The largest absolute Gasteiger partial charge is 0.480 e. The molecule has 1 aromatic rings. The van der Waals surface area contributed by atoms with Gasteiger partial charge in [0.2, 0.25) is 5.91 Å². The van der Waals surface area contributed by atoms with Crippen molar-refractivity contribution in [3.05, 3.63) is 35.9 Å². The molecule has 0 bridgehead atoms. The van der Waals surface area contributed by atoms with Crippen LogP contribution in [0.2, 0.25) is 0 Å². The average Bonchev–Trinajstić information content (AvgIpc) is 3.31. The van der Waals surface area contributed by atoms with E-state index in [0.29, 0.717) is 32.5 Å². The number of hydrogen-bond acceptors (Lipinski definition) is 6. The van der Waals surface area contributed by atoms with Crippen LogP contribution in [0.3, 0.4) is 0 Å². The minimum Gasteiger partial charge on any atom is -0.480 e. The molecular weight excluding hydrogens is 376 g/mol. The number of nitrogens with one attached hydrogen (secondary N) is 1. The number of hydrogen-bond donors (Lipinski definition) is 2. The first kappa shape index (κ1) is 21.3. The van der Waals surface area contributed by atoms with Gasteiger partial charge in [-0.2, -0.15) is 0 Å². The zero-order valence-electron chi connectivity index (χ0n) is 16.7. The number of rotatable bonds is 8. The zero-order chi connectivity index (χ0) is 21.0. The van der Waals surface area contributed by atoms with Crippen LogP contribution >= 0.6 is 0 Å². The van der Waals surface area contributed by atoms with Crippen LogP contribution < -0.4 is 5.32 Å². The lowest BCUT2D eigenvalue weighted by atomic mass is 10.0. The van der Waals surface area contributed by atoms with Crippen molar-refractivity contribution in [3.8, 4) is 0 Å². The van der Waals surface area contributed by atoms with Gasteiger partial charge in [0.05, 0.1) is 32.4 Å². The van der Waals surface area contributed by atoms with Gasteiger partial charge in [-0.25, -0.2) is 4.79 Å². The Kier molecular flexibility index (Phi) is 6.87. The van der Waals surface area contributed by atoms with E-state index in [1.54, 1.807) is 6.92 Å². The van der Waals surface area contributed by atoms with E-state index in [-0.39, 0.29) is 17.9 Å². The number of aryl methyl sites for hydroxylation is 1. The lowest BCUT2D eigenvalue weighted by molar-refractivity contribution is -0.151. The van der Waals surface area contributed by atoms with Gasteiger partial charge in [-0.3, -0.25) is 14.9 Å². The van der Waals surface area contributed by atoms with Crippen molar-refractivity contribution in [3.63, 3.8) is 0 Å². The molecule has 0 spiro atoms. The quantitative estimate of drug-likeness (QED) is 0.619. The highest BCUT2D eigenvalue weighted by molar-refractivity contribution is 5.88. The Labute approximate surface area is 170 Å². The van der Waals surface area contributed by atoms with Gasteiger partial charge in [0, 0.05) is 5.92 Å². The molecule has 0 aliphatic carbocycles. The van der Waals surface area contributed by atoms with Crippen LogP contribution in [0, 0.1) is 5.92 Å². The molecule has 0 aromatic heterocycles. The van der Waals surface area contributed by atoms with Gasteiger partial charge in [-0.05, 0) is 31.7 Å². The van der Waals surface area contributed by atoms with E-state index in [0.717, 1.165) is 5.56 Å². The summed E-state index contributed by atoms with van der Waals surface area (Å²) < 4.78 is 10.3. The lowest BCUT2D eigenvalue weighted by Gasteiger charge is -2.31. The number of likely N-dealkylation sites (tertiary alicyclic amines) is 1. The second-order valence-corrected chi connectivity index (χ2v) is 7.69. The molecule has 5 atom stereocenters. The molecule has 3 rings (SSSR count). The molecule has 2 aliphatic heterocycles. The van der Waals surface area contributed by atoms with Crippen LogP contribution in [0.4, 0.5) is 0 Å². The number of benzene rings is 1. The van der Waals surface area contributed by atoms with E-state index < -0.39 is 30.1 Å². The molecule has 3 unspecified atom stereocenters. The number of methoxy groups -OCH3 is 1. The maximum atomic E-state index is 13.1. The fraction of sp³-hybridized carbons (Fsp3) is 0.571. The predicted octanol–water partition coefficient (Wildman–Crippen LogP) is 0.839. The van der Waals surface area contributed by atoms with Crippen LogP contribution in [-0.2, 0) is 30.3 Å². The van der Waals surface area contributed by atoms with Gasteiger partial charge in [-0.15, -0.1) is 0 Å². The minimum absolute atomic E-state index is 0.0433. The van der Waals surface area contributed by atoms with Crippen LogP contribution in [0.15, 0.2) is 30.3 Å². The van der Waals surface area contributed by atoms with Crippen LogP contribution in [0.1, 0.15) is 25.3 Å². The molecule has 158 valence electrons. The number of carbonyl (C=O) groups excluding carboxylic acids is 2. The maximum Gasteiger partial charge on any atom is 0.326 e. The summed E-state index contributed by atoms with van der Waals surface area (Å²) in [6.45, 7) is 2.48. The van der Waals surface area contributed by atoms with Crippen molar-refractivity contribution in [2.24, 2.45) is 5.92 Å². The SMILES string of the molecule is COC(=O)C(CCc1ccccc1)N[C@@H](C)C(=O)N1C2COCC2C[C@H]1C(=O)O. The topological polar surface area (TPSA) is 105 Å². The van der Waals surface area contributed by atoms with Gasteiger partial charge >= 0.3 is 11.9 Å². The third-order valence-electron chi connectivity index (χ3n) is 5.80. The molecule has 2 aliphatic rings. The van der Waals surface area contributed by atoms with E-state index in [9.17, 15) is 19.5 Å². The molecule has 1 aromatic carbocycles. The molecular formula is C21H28N2O6. The van der Waals surface area contributed by atoms with Gasteiger partial charge in [0.1, 0.15) is 12.1 Å². The molecule has 2 N–H and O–H groups in total. The number of nitrogens with zero attached hydrogens (tertiary/aromatic N) is 1. The van der Waals surface area contributed by atoms with Crippen molar-refractivity contribution >= 4 is 17.8 Å². The second-order valence-electron chi connectivity index (χ2n) is 7.69. The van der Waals surface area contributed by atoms with Crippen molar-refractivity contribution in [2.75, 3.05) is 20.3 Å². The van der Waals surface area contributed by atoms with Crippen molar-refractivity contribution < 1.29 is 29.0 Å². The number of amides is 1. The summed E-state index contributed by atoms with van der Waals surface area (Å²) in [5.41, 5.74) is 1.08. The second kappa shape index (κ2) is 9.37. The normalized spacial score (nSPS) is 25.3. The van der Waals surface area contributed by atoms with E-state index in [2.05, 4.69) is 5.32 Å². The molecule has 8 nitrogen and oxygen atoms in total. The number of carboxylic acids is 1. The predicted molar refractivity (Wildman–Crippen MR) is 104 cm³/mol. The molecule has 2 fully saturated rings. The van der Waals surface area contributed by atoms with Crippen molar-refractivity contribution in [2.45, 2.75) is 50.4 Å². The first-order valence-corrected chi connectivity index (χ1v) is 9.93. The summed E-state index contributed by atoms with van der Waals surface area (Å²) in [5.74, 6) is -1.74. The molecule has 29 heavy (non-hydrogen) atoms. The number of carbonyl (C=O) groups is 3. The highest BCUT2D eigenvalue weighted by Gasteiger charge is 2.50. The molecule has 8 heteroatoms. The van der Waals surface area contributed by atoms with E-state index in [1.165, 1.54) is 12.0 Å². The summed E-state index contributed by atoms with van der Waals surface area (Å²) >= 11 is 0. The monoisotopic (exact) mass is 404 g/mol. The van der Waals surface area contributed by atoms with Crippen molar-refractivity contribution in [1.29, 1.82) is 0 Å². The first-order chi connectivity index (χ1) is 13.9. The van der Waals surface area contributed by atoms with Crippen LogP contribution in [0.5, 0.6) is 0 Å². The minimum atomic E-state index is -1.01. The maximum absolute atomic E-state index is 13.1. The number of esters is 1. The molecule has 0 saturated carbocycles. The average molecular weight is 404 g/mol.